The first-order valence-corrected chi connectivity index (χ1v) is 5.68. The van der Waals surface area contributed by atoms with Gasteiger partial charge in [-0.3, -0.25) is 9.78 Å². The minimum absolute atomic E-state index is 0.0995. The third-order valence-electron chi connectivity index (χ3n) is 2.82. The van der Waals surface area contributed by atoms with Gasteiger partial charge in [-0.2, -0.15) is 0 Å². The molecule has 1 aromatic carbocycles. The Morgan fingerprint density at radius 3 is 2.89 bits per heavy atom. The molecule has 0 saturated carbocycles. The molecular weight excluding hydrogens is 230 g/mol. The molecule has 0 saturated heterocycles. The zero-order valence-corrected chi connectivity index (χ0v) is 10.1. The molecule has 2 aromatic rings. The minimum Gasteiger partial charge on any atom is -0.398 e. The topological polar surface area (TPSA) is 88.2 Å². The van der Waals surface area contributed by atoms with Crippen molar-refractivity contribution in [2.45, 2.75) is 6.92 Å². The summed E-state index contributed by atoms with van der Waals surface area (Å²) in [6.07, 6.45) is 1.56. The van der Waals surface area contributed by atoms with Crippen LogP contribution in [0, 0.1) is 6.92 Å². The van der Waals surface area contributed by atoms with Gasteiger partial charge in [0.2, 0.25) is 0 Å². The molecule has 0 atom stereocenters. The van der Waals surface area contributed by atoms with Gasteiger partial charge in [0, 0.05) is 29.2 Å². The van der Waals surface area contributed by atoms with Gasteiger partial charge in [0.25, 0.3) is 5.91 Å². The van der Waals surface area contributed by atoms with Gasteiger partial charge in [-0.25, -0.2) is 0 Å². The highest BCUT2D eigenvalue weighted by Gasteiger charge is 2.12. The number of benzene rings is 1. The number of rotatable bonds is 3. The summed E-state index contributed by atoms with van der Waals surface area (Å²) in [7, 11) is 0. The molecule has 0 aliphatic carbocycles. The molecule has 0 aliphatic rings. The maximum atomic E-state index is 11.9. The zero-order valence-electron chi connectivity index (χ0n) is 10.1. The lowest BCUT2D eigenvalue weighted by Crippen LogP contribution is -2.27. The van der Waals surface area contributed by atoms with Crippen molar-refractivity contribution in [1.82, 2.24) is 10.3 Å². The molecule has 94 valence electrons. The van der Waals surface area contributed by atoms with Crippen LogP contribution in [0.15, 0.2) is 24.4 Å². The Bertz CT molecular complexity index is 596. The highest BCUT2D eigenvalue weighted by Crippen LogP contribution is 2.25. The smallest absolute Gasteiger partial charge is 0.270 e. The Morgan fingerprint density at radius 1 is 1.39 bits per heavy atom. The van der Waals surface area contributed by atoms with Gasteiger partial charge >= 0.3 is 0 Å². The molecule has 0 spiro atoms. The van der Waals surface area contributed by atoms with Crippen LogP contribution in [-0.4, -0.2) is 29.1 Å². The zero-order chi connectivity index (χ0) is 13.1. The first-order valence-electron chi connectivity index (χ1n) is 5.68. The fourth-order valence-electron chi connectivity index (χ4n) is 1.82. The van der Waals surface area contributed by atoms with Crippen molar-refractivity contribution in [2.75, 3.05) is 18.9 Å². The first kappa shape index (κ1) is 12.3. The van der Waals surface area contributed by atoms with Crippen LogP contribution in [0.1, 0.15) is 16.1 Å². The number of nitrogens with two attached hydrogens (primary N) is 1. The van der Waals surface area contributed by atoms with Gasteiger partial charge in [0.05, 0.1) is 6.61 Å². The Hall–Kier alpha value is -2.14. The summed E-state index contributed by atoms with van der Waals surface area (Å²) in [6.45, 7) is 2.02. The van der Waals surface area contributed by atoms with Gasteiger partial charge in [-0.15, -0.1) is 0 Å². The van der Waals surface area contributed by atoms with Gasteiger partial charge in [-0.1, -0.05) is 12.1 Å². The van der Waals surface area contributed by atoms with E-state index < -0.39 is 0 Å². The third-order valence-corrected chi connectivity index (χ3v) is 2.82. The number of aliphatic hydroxyl groups is 1. The maximum absolute atomic E-state index is 11.9. The number of amides is 1. The summed E-state index contributed by atoms with van der Waals surface area (Å²) in [5.74, 6) is -0.307. The number of nitrogen functional groups attached to an aromatic ring is 1. The number of hydrogen-bond donors (Lipinski definition) is 3. The molecule has 0 bridgehead atoms. The van der Waals surface area contributed by atoms with E-state index in [9.17, 15) is 4.79 Å². The van der Waals surface area contributed by atoms with Crippen molar-refractivity contribution < 1.29 is 9.90 Å². The van der Waals surface area contributed by atoms with E-state index >= 15 is 0 Å². The van der Waals surface area contributed by atoms with E-state index in [0.29, 0.717) is 11.4 Å². The standard InChI is InChI=1S/C13H15N3O2/c1-8-2-3-10-9(11(8)14)4-5-15-12(10)13(18)16-6-7-17/h2-5,17H,6-7,14H2,1H3,(H,16,18). The summed E-state index contributed by atoms with van der Waals surface area (Å²) in [6, 6.07) is 5.49. The number of carbonyl (C=O) groups is 1. The maximum Gasteiger partial charge on any atom is 0.270 e. The van der Waals surface area contributed by atoms with Crippen LogP contribution in [0.2, 0.25) is 0 Å². The van der Waals surface area contributed by atoms with Crippen LogP contribution < -0.4 is 11.1 Å². The van der Waals surface area contributed by atoms with Crippen LogP contribution >= 0.6 is 0 Å². The second-order valence-corrected chi connectivity index (χ2v) is 4.03. The molecule has 0 unspecified atom stereocenters. The molecule has 5 nitrogen and oxygen atoms in total. The second-order valence-electron chi connectivity index (χ2n) is 4.03. The number of carbonyl (C=O) groups excluding carboxylic acids is 1. The van der Waals surface area contributed by atoms with Crippen molar-refractivity contribution in [3.05, 3.63) is 35.7 Å². The lowest BCUT2D eigenvalue weighted by molar-refractivity contribution is 0.0941. The highest BCUT2D eigenvalue weighted by molar-refractivity contribution is 6.08. The first-order chi connectivity index (χ1) is 8.65. The Labute approximate surface area is 105 Å². The number of hydrogen-bond acceptors (Lipinski definition) is 4. The summed E-state index contributed by atoms with van der Waals surface area (Å²) in [5.41, 5.74) is 7.94. The van der Waals surface area contributed by atoms with Crippen LogP contribution in [0.25, 0.3) is 10.8 Å². The van der Waals surface area contributed by atoms with Crippen molar-refractivity contribution in [3.63, 3.8) is 0 Å². The predicted molar refractivity (Wildman–Crippen MR) is 70.3 cm³/mol. The SMILES string of the molecule is Cc1ccc2c(C(=O)NCCO)nccc2c1N. The number of pyridine rings is 1. The quantitative estimate of drug-likeness (QED) is 0.699. The van der Waals surface area contributed by atoms with E-state index in [-0.39, 0.29) is 19.1 Å². The van der Waals surface area contributed by atoms with Crippen LogP contribution in [0.4, 0.5) is 5.69 Å². The van der Waals surface area contributed by atoms with E-state index in [4.69, 9.17) is 10.8 Å². The Morgan fingerprint density at radius 2 is 2.17 bits per heavy atom. The van der Waals surface area contributed by atoms with Gasteiger partial charge in [0.1, 0.15) is 5.69 Å². The summed E-state index contributed by atoms with van der Waals surface area (Å²) in [4.78, 5) is 16.0. The normalized spacial score (nSPS) is 10.6. The second kappa shape index (κ2) is 5.01. The molecule has 0 aliphatic heterocycles. The summed E-state index contributed by atoms with van der Waals surface area (Å²) < 4.78 is 0. The number of aromatic nitrogens is 1. The molecule has 0 radical (unpaired) electrons. The van der Waals surface area contributed by atoms with E-state index in [1.807, 2.05) is 19.1 Å². The average Bonchev–Trinajstić information content (AvgIpc) is 2.39. The largest absolute Gasteiger partial charge is 0.398 e. The summed E-state index contributed by atoms with van der Waals surface area (Å²) >= 11 is 0. The minimum atomic E-state index is -0.307. The number of anilines is 1. The molecule has 18 heavy (non-hydrogen) atoms. The van der Waals surface area contributed by atoms with Crippen molar-refractivity contribution >= 4 is 22.4 Å². The Balaban J connectivity index is 2.52. The molecule has 0 fully saturated rings. The molecule has 1 amide bonds. The van der Waals surface area contributed by atoms with Gasteiger partial charge in [0.15, 0.2) is 0 Å². The highest BCUT2D eigenvalue weighted by atomic mass is 16.3. The number of aryl methyl sites for hydroxylation is 1. The van der Waals surface area contributed by atoms with E-state index in [1.165, 1.54) is 0 Å². The lowest BCUT2D eigenvalue weighted by Gasteiger charge is -2.09. The van der Waals surface area contributed by atoms with Crippen LogP contribution in [0.5, 0.6) is 0 Å². The number of aliphatic hydroxyl groups excluding tert-OH is 1. The monoisotopic (exact) mass is 245 g/mol. The number of nitrogens with one attached hydrogen (secondary N) is 1. The molecule has 2 rings (SSSR count). The van der Waals surface area contributed by atoms with Crippen molar-refractivity contribution in [3.8, 4) is 0 Å². The molecular formula is C13H15N3O2. The van der Waals surface area contributed by atoms with E-state index in [1.54, 1.807) is 12.3 Å². The van der Waals surface area contributed by atoms with Gasteiger partial charge < -0.3 is 16.2 Å². The molecule has 4 N–H and O–H groups in total. The molecule has 1 aromatic heterocycles. The van der Waals surface area contributed by atoms with E-state index in [0.717, 1.165) is 16.3 Å². The Kier molecular flexibility index (Phi) is 3.43. The van der Waals surface area contributed by atoms with Crippen molar-refractivity contribution in [1.29, 1.82) is 0 Å². The molecule has 1 heterocycles. The number of nitrogens with zero attached hydrogens (tertiary/aromatic N) is 1. The fraction of sp³-hybridized carbons (Fsp3) is 0.231. The summed E-state index contributed by atoms with van der Waals surface area (Å²) in [5, 5.41) is 12.8. The predicted octanol–water partition coefficient (Wildman–Crippen LogP) is 0.848. The van der Waals surface area contributed by atoms with Crippen molar-refractivity contribution in [2.24, 2.45) is 0 Å². The average molecular weight is 245 g/mol. The van der Waals surface area contributed by atoms with Crippen LogP contribution in [0.3, 0.4) is 0 Å². The third kappa shape index (κ3) is 2.12. The number of fused-ring (bicyclic) bond motifs is 1. The van der Waals surface area contributed by atoms with Gasteiger partial charge in [-0.05, 0) is 18.6 Å². The lowest BCUT2D eigenvalue weighted by atomic mass is 10.0. The van der Waals surface area contributed by atoms with E-state index in [2.05, 4.69) is 10.3 Å². The molecule has 5 heteroatoms. The van der Waals surface area contributed by atoms with Crippen LogP contribution in [-0.2, 0) is 0 Å². The fourth-order valence-corrected chi connectivity index (χ4v) is 1.82.